The van der Waals surface area contributed by atoms with Crippen LogP contribution in [0, 0.1) is 6.92 Å². The number of aromatic amines is 1. The predicted molar refractivity (Wildman–Crippen MR) is 70.7 cm³/mol. The first-order chi connectivity index (χ1) is 9.45. The molecule has 0 saturated carbocycles. The van der Waals surface area contributed by atoms with E-state index in [1.165, 1.54) is 0 Å². The lowest BCUT2D eigenvalue weighted by Gasteiger charge is -2.23. The lowest BCUT2D eigenvalue weighted by Crippen LogP contribution is -2.48. The summed E-state index contributed by atoms with van der Waals surface area (Å²) in [5.74, 6) is -1.17. The van der Waals surface area contributed by atoms with Crippen LogP contribution >= 0.6 is 0 Å². The van der Waals surface area contributed by atoms with Gasteiger partial charge in [-0.3, -0.25) is 4.79 Å². The van der Waals surface area contributed by atoms with Crippen LogP contribution in [-0.4, -0.2) is 40.6 Å². The number of aromatic carboxylic acids is 1. The average molecular weight is 280 g/mol. The van der Waals surface area contributed by atoms with E-state index < -0.39 is 12.0 Å². The van der Waals surface area contributed by atoms with Gasteiger partial charge in [0.2, 0.25) is 5.91 Å². The van der Waals surface area contributed by atoms with Gasteiger partial charge in [0.1, 0.15) is 5.69 Å². The van der Waals surface area contributed by atoms with Crippen molar-refractivity contribution >= 4 is 23.6 Å². The summed E-state index contributed by atoms with van der Waals surface area (Å²) in [7, 11) is 0. The quantitative estimate of drug-likeness (QED) is 0.550. The molecule has 3 amide bonds. The lowest BCUT2D eigenvalue weighted by molar-refractivity contribution is -0.122. The van der Waals surface area contributed by atoms with Crippen molar-refractivity contribution < 1.29 is 19.5 Å². The number of anilines is 1. The Bertz CT molecular complexity index is 542. The van der Waals surface area contributed by atoms with Crippen LogP contribution in [0.15, 0.2) is 6.07 Å². The average Bonchev–Trinajstić information content (AvgIpc) is 2.73. The Kier molecular flexibility index (Phi) is 3.92. The molecule has 8 nitrogen and oxygen atoms in total. The maximum Gasteiger partial charge on any atom is 0.354 e. The molecule has 1 atom stereocenters. The second-order valence-corrected chi connectivity index (χ2v) is 4.68. The zero-order valence-electron chi connectivity index (χ0n) is 10.9. The van der Waals surface area contributed by atoms with Crippen LogP contribution in [-0.2, 0) is 4.79 Å². The highest BCUT2D eigenvalue weighted by molar-refractivity contribution is 5.99. The van der Waals surface area contributed by atoms with Gasteiger partial charge in [-0.1, -0.05) is 0 Å². The van der Waals surface area contributed by atoms with Gasteiger partial charge in [-0.2, -0.15) is 0 Å². The molecule has 0 aromatic carbocycles. The van der Waals surface area contributed by atoms with Gasteiger partial charge < -0.3 is 26.0 Å². The van der Waals surface area contributed by atoms with Gasteiger partial charge in [-0.05, 0) is 19.4 Å². The largest absolute Gasteiger partial charge is 0.477 e. The zero-order chi connectivity index (χ0) is 14.7. The first-order valence-electron chi connectivity index (χ1n) is 6.23. The van der Waals surface area contributed by atoms with Crippen molar-refractivity contribution in [3.63, 3.8) is 0 Å². The fraction of sp³-hybridized carbons (Fsp3) is 0.417. The molecule has 0 aliphatic carbocycles. The summed E-state index contributed by atoms with van der Waals surface area (Å²) >= 11 is 0. The summed E-state index contributed by atoms with van der Waals surface area (Å²) in [5, 5.41) is 16.8. The molecular weight excluding hydrogens is 264 g/mol. The molecule has 0 radical (unpaired) electrons. The third-order valence-corrected chi connectivity index (χ3v) is 3.02. The second-order valence-electron chi connectivity index (χ2n) is 4.68. The van der Waals surface area contributed by atoms with Crippen LogP contribution in [0.25, 0.3) is 0 Å². The molecular formula is C12H16N4O4. The number of H-pyrrole nitrogens is 1. The SMILES string of the molecule is Cc1cc(NC(=O)NC2CCC(=O)NC2)c(C(=O)O)[nH]1. The summed E-state index contributed by atoms with van der Waals surface area (Å²) in [6.45, 7) is 2.08. The van der Waals surface area contributed by atoms with Crippen molar-refractivity contribution in [3.05, 3.63) is 17.5 Å². The number of hydrogen-bond donors (Lipinski definition) is 5. The molecule has 0 bridgehead atoms. The van der Waals surface area contributed by atoms with E-state index in [4.69, 9.17) is 5.11 Å². The number of carboxylic acid groups (broad SMARTS) is 1. The molecule has 20 heavy (non-hydrogen) atoms. The van der Waals surface area contributed by atoms with E-state index in [9.17, 15) is 14.4 Å². The van der Waals surface area contributed by atoms with Crippen molar-refractivity contribution in [1.82, 2.24) is 15.6 Å². The number of urea groups is 1. The topological polar surface area (TPSA) is 123 Å². The Labute approximate surface area is 114 Å². The molecule has 0 spiro atoms. The van der Waals surface area contributed by atoms with E-state index >= 15 is 0 Å². The molecule has 1 aliphatic heterocycles. The number of hydrogen-bond acceptors (Lipinski definition) is 3. The Morgan fingerprint density at radius 3 is 2.80 bits per heavy atom. The minimum Gasteiger partial charge on any atom is -0.477 e. The highest BCUT2D eigenvalue weighted by Crippen LogP contribution is 2.16. The number of aryl methyl sites for hydroxylation is 1. The van der Waals surface area contributed by atoms with E-state index in [2.05, 4.69) is 20.9 Å². The van der Waals surface area contributed by atoms with Gasteiger partial charge in [0.25, 0.3) is 0 Å². The van der Waals surface area contributed by atoms with Gasteiger partial charge in [-0.25, -0.2) is 9.59 Å². The Morgan fingerprint density at radius 1 is 1.45 bits per heavy atom. The lowest BCUT2D eigenvalue weighted by atomic mass is 10.1. The highest BCUT2D eigenvalue weighted by Gasteiger charge is 2.21. The first kappa shape index (κ1) is 13.9. The fourth-order valence-electron chi connectivity index (χ4n) is 2.06. The maximum absolute atomic E-state index is 11.8. The number of amides is 3. The van der Waals surface area contributed by atoms with Gasteiger partial charge in [0, 0.05) is 24.7 Å². The minimum absolute atomic E-state index is 0.0297. The zero-order valence-corrected chi connectivity index (χ0v) is 10.9. The molecule has 2 rings (SSSR count). The highest BCUT2D eigenvalue weighted by atomic mass is 16.4. The third kappa shape index (κ3) is 3.28. The molecule has 2 heterocycles. The number of piperidine rings is 1. The number of nitrogens with one attached hydrogen (secondary N) is 4. The van der Waals surface area contributed by atoms with Gasteiger partial charge in [-0.15, -0.1) is 0 Å². The molecule has 1 fully saturated rings. The van der Waals surface area contributed by atoms with E-state index in [1.807, 2.05) is 0 Å². The van der Waals surface area contributed by atoms with Crippen molar-refractivity contribution in [1.29, 1.82) is 0 Å². The maximum atomic E-state index is 11.8. The molecule has 1 aromatic rings. The molecule has 108 valence electrons. The van der Waals surface area contributed by atoms with Crippen LogP contribution < -0.4 is 16.0 Å². The summed E-state index contributed by atoms with van der Waals surface area (Å²) in [4.78, 5) is 36.5. The molecule has 1 aliphatic rings. The van der Waals surface area contributed by atoms with E-state index in [0.717, 1.165) is 0 Å². The van der Waals surface area contributed by atoms with Crippen LogP contribution in [0.3, 0.4) is 0 Å². The van der Waals surface area contributed by atoms with Crippen molar-refractivity contribution in [3.8, 4) is 0 Å². The molecule has 5 N–H and O–H groups in total. The molecule has 1 unspecified atom stereocenters. The van der Waals surface area contributed by atoms with Crippen LogP contribution in [0.2, 0.25) is 0 Å². The Morgan fingerprint density at radius 2 is 2.20 bits per heavy atom. The molecule has 1 aromatic heterocycles. The smallest absolute Gasteiger partial charge is 0.354 e. The van der Waals surface area contributed by atoms with Crippen molar-refractivity contribution in [2.75, 3.05) is 11.9 Å². The van der Waals surface area contributed by atoms with Crippen LogP contribution in [0.4, 0.5) is 10.5 Å². The van der Waals surface area contributed by atoms with Crippen molar-refractivity contribution in [2.45, 2.75) is 25.8 Å². The van der Waals surface area contributed by atoms with Crippen LogP contribution in [0.5, 0.6) is 0 Å². The summed E-state index contributed by atoms with van der Waals surface area (Å²) in [6, 6.07) is 0.903. The summed E-state index contributed by atoms with van der Waals surface area (Å²) in [5.41, 5.74) is 0.796. The van der Waals surface area contributed by atoms with E-state index in [0.29, 0.717) is 25.1 Å². The standard InChI is InChI=1S/C12H16N4O4/c1-6-4-8(10(14-6)11(18)19)16-12(20)15-7-2-3-9(17)13-5-7/h4,7,14H,2-3,5H2,1H3,(H,13,17)(H,18,19)(H2,15,16,20). The normalized spacial score (nSPS) is 18.2. The van der Waals surface area contributed by atoms with E-state index in [1.54, 1.807) is 13.0 Å². The summed E-state index contributed by atoms with van der Waals surface area (Å²) in [6.07, 6.45) is 0.936. The number of carbonyl (C=O) groups is 3. The number of rotatable bonds is 3. The minimum atomic E-state index is -1.14. The van der Waals surface area contributed by atoms with E-state index in [-0.39, 0.29) is 23.3 Å². The first-order valence-corrected chi connectivity index (χ1v) is 6.23. The van der Waals surface area contributed by atoms with Gasteiger partial charge >= 0.3 is 12.0 Å². The molecule has 1 saturated heterocycles. The van der Waals surface area contributed by atoms with Gasteiger partial charge in [0.15, 0.2) is 0 Å². The number of carbonyl (C=O) groups excluding carboxylic acids is 2. The summed E-state index contributed by atoms with van der Waals surface area (Å²) < 4.78 is 0. The Hall–Kier alpha value is -2.51. The number of aromatic nitrogens is 1. The second kappa shape index (κ2) is 5.64. The van der Waals surface area contributed by atoms with Gasteiger partial charge in [0.05, 0.1) is 5.69 Å². The predicted octanol–water partition coefficient (Wildman–Crippen LogP) is 0.421. The monoisotopic (exact) mass is 280 g/mol. The van der Waals surface area contributed by atoms with Crippen molar-refractivity contribution in [2.24, 2.45) is 0 Å². The Balaban J connectivity index is 1.94. The number of carboxylic acids is 1. The fourth-order valence-corrected chi connectivity index (χ4v) is 2.06. The van der Waals surface area contributed by atoms with Crippen LogP contribution in [0.1, 0.15) is 29.0 Å². The molecule has 8 heteroatoms. The third-order valence-electron chi connectivity index (χ3n) is 3.02.